The van der Waals surface area contributed by atoms with Gasteiger partial charge in [0.2, 0.25) is 0 Å². The number of likely N-dealkylation sites (tertiary alicyclic amines) is 1. The molecule has 0 bridgehead atoms. The number of aromatic nitrogens is 5. The first-order valence-electron chi connectivity index (χ1n) is 10.3. The summed E-state index contributed by atoms with van der Waals surface area (Å²) in [5.74, 6) is 2.69. The van der Waals surface area contributed by atoms with E-state index in [1.54, 1.807) is 23.9 Å². The molecule has 8 heteroatoms. The second kappa shape index (κ2) is 8.12. The molecule has 1 aliphatic rings. The number of aryl methyl sites for hydroxylation is 2. The highest BCUT2D eigenvalue weighted by molar-refractivity contribution is 7.18. The minimum absolute atomic E-state index is 0.674. The van der Waals surface area contributed by atoms with E-state index in [0.29, 0.717) is 6.54 Å². The number of fused-ring (bicyclic) bond motifs is 1. The minimum atomic E-state index is 0.674. The topological polar surface area (TPSA) is 71.8 Å². The number of hydrogen-bond donors (Lipinski definition) is 1. The molecule has 5 heterocycles. The summed E-state index contributed by atoms with van der Waals surface area (Å²) in [5.41, 5.74) is 2.41. The fourth-order valence-corrected chi connectivity index (χ4v) is 4.97. The minimum Gasteiger partial charge on any atom is -0.365 e. The molecule has 1 saturated heterocycles. The van der Waals surface area contributed by atoms with Crippen molar-refractivity contribution in [2.45, 2.75) is 39.8 Å². The Hall–Kier alpha value is -2.84. The summed E-state index contributed by atoms with van der Waals surface area (Å²) in [6, 6.07) is 4.10. The van der Waals surface area contributed by atoms with Crippen molar-refractivity contribution in [1.29, 1.82) is 0 Å². The van der Waals surface area contributed by atoms with E-state index in [-0.39, 0.29) is 0 Å². The predicted octanol–water partition coefficient (Wildman–Crippen LogP) is 4.10. The smallest absolute Gasteiger partial charge is 0.146 e. The molecule has 4 aromatic heterocycles. The van der Waals surface area contributed by atoms with Gasteiger partial charge >= 0.3 is 0 Å². The first-order chi connectivity index (χ1) is 14.7. The third-order valence-corrected chi connectivity index (χ3v) is 6.78. The van der Waals surface area contributed by atoms with Crippen molar-refractivity contribution in [3.8, 4) is 5.82 Å². The van der Waals surface area contributed by atoms with Crippen LogP contribution in [0.5, 0.6) is 0 Å². The van der Waals surface area contributed by atoms with Gasteiger partial charge in [0.25, 0.3) is 0 Å². The summed E-state index contributed by atoms with van der Waals surface area (Å²) in [4.78, 5) is 23.2. The molecule has 7 nitrogen and oxygen atoms in total. The van der Waals surface area contributed by atoms with E-state index in [0.717, 1.165) is 52.9 Å². The maximum absolute atomic E-state index is 4.94. The van der Waals surface area contributed by atoms with E-state index in [1.165, 1.54) is 23.3 Å². The fraction of sp³-hybridized carbons (Fsp3) is 0.364. The van der Waals surface area contributed by atoms with Gasteiger partial charge in [-0.15, -0.1) is 11.3 Å². The number of imidazole rings is 1. The molecule has 5 rings (SSSR count). The largest absolute Gasteiger partial charge is 0.365 e. The monoisotopic (exact) mass is 419 g/mol. The highest BCUT2D eigenvalue weighted by Gasteiger charge is 2.18. The summed E-state index contributed by atoms with van der Waals surface area (Å²) < 4.78 is 1.91. The Morgan fingerprint density at radius 3 is 2.80 bits per heavy atom. The first kappa shape index (κ1) is 19.1. The lowest BCUT2D eigenvalue weighted by Crippen LogP contribution is -2.20. The first-order valence-corrected chi connectivity index (χ1v) is 11.1. The highest BCUT2D eigenvalue weighted by atomic mass is 32.1. The Labute approximate surface area is 179 Å². The lowest BCUT2D eigenvalue weighted by molar-refractivity contribution is 0.323. The van der Waals surface area contributed by atoms with E-state index in [2.05, 4.69) is 40.1 Å². The summed E-state index contributed by atoms with van der Waals surface area (Å²) in [6.45, 7) is 8.09. The van der Waals surface area contributed by atoms with Gasteiger partial charge in [0, 0.05) is 30.0 Å². The van der Waals surface area contributed by atoms with Gasteiger partial charge in [0.15, 0.2) is 0 Å². The van der Waals surface area contributed by atoms with Crippen molar-refractivity contribution in [3.63, 3.8) is 0 Å². The van der Waals surface area contributed by atoms with Gasteiger partial charge in [-0.3, -0.25) is 9.47 Å². The lowest BCUT2D eigenvalue weighted by Gasteiger charge is -2.15. The van der Waals surface area contributed by atoms with Crippen molar-refractivity contribution in [2.24, 2.45) is 0 Å². The highest BCUT2D eigenvalue weighted by Crippen LogP contribution is 2.33. The summed E-state index contributed by atoms with van der Waals surface area (Å²) >= 11 is 1.76. The molecule has 4 aromatic rings. The van der Waals surface area contributed by atoms with Gasteiger partial charge in [-0.25, -0.2) is 19.9 Å². The average molecular weight is 420 g/mol. The van der Waals surface area contributed by atoms with Gasteiger partial charge in [0.1, 0.15) is 28.6 Å². The van der Waals surface area contributed by atoms with Gasteiger partial charge in [-0.2, -0.15) is 0 Å². The molecule has 0 unspecified atom stereocenters. The van der Waals surface area contributed by atoms with Gasteiger partial charge in [0.05, 0.1) is 11.9 Å². The fourth-order valence-electron chi connectivity index (χ4n) is 3.93. The second-order valence-electron chi connectivity index (χ2n) is 7.78. The third kappa shape index (κ3) is 3.80. The molecule has 0 aromatic carbocycles. The van der Waals surface area contributed by atoms with E-state index in [1.807, 2.05) is 23.0 Å². The maximum atomic E-state index is 4.94. The Morgan fingerprint density at radius 1 is 1.13 bits per heavy atom. The van der Waals surface area contributed by atoms with Crippen molar-refractivity contribution in [2.75, 3.05) is 18.4 Å². The predicted molar refractivity (Wildman–Crippen MR) is 120 cm³/mol. The number of nitrogens with one attached hydrogen (secondary N) is 1. The van der Waals surface area contributed by atoms with Crippen LogP contribution < -0.4 is 5.32 Å². The van der Waals surface area contributed by atoms with Crippen molar-refractivity contribution >= 4 is 27.4 Å². The molecule has 0 spiro atoms. The van der Waals surface area contributed by atoms with E-state index in [4.69, 9.17) is 9.97 Å². The molecule has 30 heavy (non-hydrogen) atoms. The molecule has 0 atom stereocenters. The number of nitrogens with zero attached hydrogens (tertiary/aromatic N) is 6. The van der Waals surface area contributed by atoms with E-state index < -0.39 is 0 Å². The molecular weight excluding hydrogens is 394 g/mol. The number of pyridine rings is 1. The van der Waals surface area contributed by atoms with Crippen LogP contribution in [0, 0.1) is 13.8 Å². The normalized spacial score (nSPS) is 14.6. The quantitative estimate of drug-likeness (QED) is 0.507. The Bertz CT molecular complexity index is 1160. The van der Waals surface area contributed by atoms with Crippen LogP contribution in [0.15, 0.2) is 37.1 Å². The maximum Gasteiger partial charge on any atom is 0.146 e. The molecule has 1 aliphatic heterocycles. The zero-order chi connectivity index (χ0) is 20.5. The van der Waals surface area contributed by atoms with Crippen molar-refractivity contribution in [1.82, 2.24) is 29.4 Å². The van der Waals surface area contributed by atoms with Gasteiger partial charge in [-0.1, -0.05) is 0 Å². The van der Waals surface area contributed by atoms with Crippen LogP contribution in [0.4, 0.5) is 5.82 Å². The Kier molecular flexibility index (Phi) is 5.18. The molecule has 0 saturated carbocycles. The lowest BCUT2D eigenvalue weighted by atomic mass is 10.2. The van der Waals surface area contributed by atoms with Crippen molar-refractivity contribution < 1.29 is 0 Å². The number of anilines is 1. The SMILES string of the molecule is Cc1sc2nc(CN3CCCC3)nc(NCc3ccnc(-n4ccnc4)c3)c2c1C. The van der Waals surface area contributed by atoms with E-state index >= 15 is 0 Å². The number of rotatable bonds is 6. The Morgan fingerprint density at radius 2 is 2.00 bits per heavy atom. The number of thiophene rings is 1. The summed E-state index contributed by atoms with van der Waals surface area (Å²) in [6.07, 6.45) is 9.79. The van der Waals surface area contributed by atoms with Crippen LogP contribution in [-0.4, -0.2) is 42.5 Å². The van der Waals surface area contributed by atoms with Crippen LogP contribution in [0.1, 0.15) is 34.7 Å². The number of hydrogen-bond acceptors (Lipinski definition) is 7. The Balaban J connectivity index is 1.43. The average Bonchev–Trinajstić information content (AvgIpc) is 3.50. The third-order valence-electron chi connectivity index (χ3n) is 5.68. The van der Waals surface area contributed by atoms with Crippen LogP contribution in [0.3, 0.4) is 0 Å². The summed E-state index contributed by atoms with van der Waals surface area (Å²) in [7, 11) is 0. The molecular formula is C22H25N7S. The van der Waals surface area contributed by atoms with Gasteiger partial charge in [-0.05, 0) is 63.0 Å². The zero-order valence-corrected chi connectivity index (χ0v) is 18.1. The van der Waals surface area contributed by atoms with Crippen molar-refractivity contribution in [3.05, 3.63) is 58.9 Å². The molecule has 0 aliphatic carbocycles. The second-order valence-corrected chi connectivity index (χ2v) is 8.98. The van der Waals surface area contributed by atoms with Crippen LogP contribution in [0.2, 0.25) is 0 Å². The molecule has 0 amide bonds. The molecule has 154 valence electrons. The van der Waals surface area contributed by atoms with E-state index in [9.17, 15) is 0 Å². The van der Waals surface area contributed by atoms with Crippen LogP contribution in [-0.2, 0) is 13.1 Å². The summed E-state index contributed by atoms with van der Waals surface area (Å²) in [5, 5.41) is 4.73. The standard InChI is InChI=1S/C22H25N7S/c1-15-16(2)30-22-20(15)21(26-18(27-22)13-28-8-3-4-9-28)25-12-17-5-6-24-19(11-17)29-10-7-23-14-29/h5-7,10-11,14H,3-4,8-9,12-13H2,1-2H3,(H,25,26,27). The zero-order valence-electron chi connectivity index (χ0n) is 17.3. The molecule has 1 N–H and O–H groups in total. The molecule has 1 fully saturated rings. The van der Waals surface area contributed by atoms with Gasteiger partial charge < -0.3 is 5.32 Å². The van der Waals surface area contributed by atoms with Crippen LogP contribution >= 0.6 is 11.3 Å². The van der Waals surface area contributed by atoms with Crippen LogP contribution in [0.25, 0.3) is 16.0 Å². The molecule has 0 radical (unpaired) electrons.